The van der Waals surface area contributed by atoms with Gasteiger partial charge in [-0.1, -0.05) is 75.8 Å². The number of methoxy groups -OCH3 is 1. The molecular weight excluding hydrogens is 821 g/mol. The van der Waals surface area contributed by atoms with Crippen LogP contribution in [-0.2, 0) is 0 Å². The van der Waals surface area contributed by atoms with Gasteiger partial charge in [-0.3, -0.25) is 20.2 Å². The number of hydrogen-bond acceptors (Lipinski definition) is 9. The Labute approximate surface area is 371 Å². The van der Waals surface area contributed by atoms with Gasteiger partial charge in [-0.15, -0.1) is 0 Å². The topological polar surface area (TPSA) is 175 Å². The molecule has 4 aromatic carbocycles. The molecule has 6 N–H and O–H groups in total. The van der Waals surface area contributed by atoms with E-state index in [1.165, 1.54) is 0 Å². The highest BCUT2D eigenvalue weighted by Crippen LogP contribution is 2.30. The van der Waals surface area contributed by atoms with E-state index in [-0.39, 0.29) is 17.8 Å². The Kier molecular flexibility index (Phi) is 14.9. The second-order valence-electron chi connectivity index (χ2n) is 15.4. The van der Waals surface area contributed by atoms with Crippen LogP contribution in [0, 0.1) is 83.1 Å². The Bertz CT molecular complexity index is 2630. The van der Waals surface area contributed by atoms with Crippen molar-refractivity contribution in [3.63, 3.8) is 0 Å². The number of nitrogens with zero attached hydrogens (tertiary/aromatic N) is 2. The first-order valence-electron chi connectivity index (χ1n) is 19.8. The molecule has 15 heteroatoms. The Morgan fingerprint density at radius 2 is 0.806 bits per heavy atom. The smallest absolute Gasteiger partial charge is 0.325 e. The summed E-state index contributed by atoms with van der Waals surface area (Å²) in [6.07, 6.45) is 0. The van der Waals surface area contributed by atoms with Gasteiger partial charge in [0, 0.05) is 22.7 Å². The lowest BCUT2D eigenvalue weighted by atomic mass is 10.1. The third-order valence-corrected chi connectivity index (χ3v) is 12.0. The minimum atomic E-state index is -0.431. The summed E-state index contributed by atoms with van der Waals surface area (Å²) < 4.78 is 5.18. The van der Waals surface area contributed by atoms with Gasteiger partial charge >= 0.3 is 12.1 Å². The standard InChI is InChI=1S/C24H28N4O2S.C23H26N4O3S/c1-12-8-14(3)19(15(4)9-12)26-22(29)21-18(7)25-24(31-21)28-23(30)27-20-16(5)10-13(2)11-17(20)6;1-12-9-14(3)19(15(4)10-12)26-21(28)20-16(5)24-23(31-20)27-22(29)25-18-8-7-17(30-6)11-13(18)2/h8-11H,1-7H3,(H,26,29)(H2,25,27,28,30);7-11H,1-6H3,(H,26,28)(H2,24,25,27,29). The number of benzene rings is 4. The Morgan fingerprint density at radius 3 is 1.16 bits per heavy atom. The average molecular weight is 875 g/mol. The van der Waals surface area contributed by atoms with E-state index in [1.54, 1.807) is 33.1 Å². The summed E-state index contributed by atoms with van der Waals surface area (Å²) in [5, 5.41) is 17.8. The highest BCUT2D eigenvalue weighted by Gasteiger charge is 2.21. The number of urea groups is 2. The summed E-state index contributed by atoms with van der Waals surface area (Å²) in [4.78, 5) is 60.2. The number of rotatable bonds is 9. The third kappa shape index (κ3) is 11.6. The minimum Gasteiger partial charge on any atom is -0.497 e. The molecule has 6 amide bonds. The zero-order chi connectivity index (χ0) is 45.6. The molecule has 0 radical (unpaired) electrons. The molecule has 0 aliphatic rings. The molecule has 0 bridgehead atoms. The number of anilines is 6. The molecule has 2 heterocycles. The van der Waals surface area contributed by atoms with Crippen molar-refractivity contribution in [2.45, 2.75) is 83.1 Å². The molecule has 0 saturated heterocycles. The number of aromatic nitrogens is 2. The number of ether oxygens (including phenoxy) is 1. The first kappa shape index (κ1) is 46.5. The van der Waals surface area contributed by atoms with E-state index in [0.717, 1.165) is 95.4 Å². The number of hydrogen-bond donors (Lipinski definition) is 6. The monoisotopic (exact) mass is 874 g/mol. The fraction of sp³-hybridized carbons (Fsp3) is 0.277. The third-order valence-electron chi connectivity index (χ3n) is 9.88. The van der Waals surface area contributed by atoms with E-state index in [1.807, 2.05) is 112 Å². The SMILES string of the molecule is COc1ccc(NC(=O)Nc2nc(C)c(C(=O)Nc3c(C)cc(C)cc3C)s2)c(C)c1.Cc1cc(C)c(NC(=O)Nc2nc(C)c(C(=O)Nc3c(C)cc(C)cc3C)s2)c(C)c1. The molecule has 0 spiro atoms. The number of carbonyl (C=O) groups excluding carboxylic acids is 4. The summed E-state index contributed by atoms with van der Waals surface area (Å²) in [7, 11) is 1.59. The fourth-order valence-electron chi connectivity index (χ4n) is 7.19. The van der Waals surface area contributed by atoms with E-state index in [4.69, 9.17) is 4.74 Å². The summed E-state index contributed by atoms with van der Waals surface area (Å²) >= 11 is 2.29. The molecule has 62 heavy (non-hydrogen) atoms. The van der Waals surface area contributed by atoms with Crippen LogP contribution in [0.4, 0.5) is 42.6 Å². The Morgan fingerprint density at radius 1 is 0.452 bits per heavy atom. The minimum absolute atomic E-state index is 0.233. The molecule has 0 aliphatic carbocycles. The number of carbonyl (C=O) groups is 4. The summed E-state index contributed by atoms with van der Waals surface area (Å²) in [6, 6.07) is 16.7. The Hall–Kier alpha value is -6.58. The van der Waals surface area contributed by atoms with Crippen LogP contribution in [0.15, 0.2) is 54.6 Å². The van der Waals surface area contributed by atoms with Crippen molar-refractivity contribution in [1.29, 1.82) is 0 Å². The number of aryl methyl sites for hydroxylation is 12. The van der Waals surface area contributed by atoms with Crippen molar-refractivity contribution in [3.05, 3.63) is 131 Å². The molecular formula is C47H54N8O5S2. The van der Waals surface area contributed by atoms with E-state index >= 15 is 0 Å². The van der Waals surface area contributed by atoms with Crippen molar-refractivity contribution in [2.75, 3.05) is 39.0 Å². The van der Waals surface area contributed by atoms with Crippen LogP contribution in [0.3, 0.4) is 0 Å². The van der Waals surface area contributed by atoms with Crippen LogP contribution < -0.4 is 36.6 Å². The summed E-state index contributed by atoms with van der Waals surface area (Å²) in [6.45, 7) is 23.3. The molecule has 0 fully saturated rings. The van der Waals surface area contributed by atoms with Crippen LogP contribution in [0.2, 0.25) is 0 Å². The van der Waals surface area contributed by atoms with Crippen LogP contribution in [0.1, 0.15) is 86.4 Å². The van der Waals surface area contributed by atoms with Crippen LogP contribution in [0.5, 0.6) is 5.75 Å². The van der Waals surface area contributed by atoms with Gasteiger partial charge in [0.2, 0.25) is 0 Å². The quantitative estimate of drug-likeness (QED) is 0.0838. The van der Waals surface area contributed by atoms with E-state index < -0.39 is 6.03 Å². The molecule has 13 nitrogen and oxygen atoms in total. The van der Waals surface area contributed by atoms with E-state index in [9.17, 15) is 19.2 Å². The van der Waals surface area contributed by atoms with Gasteiger partial charge in [0.1, 0.15) is 15.5 Å². The molecule has 0 atom stereocenters. The van der Waals surface area contributed by atoms with E-state index in [0.29, 0.717) is 42.8 Å². The molecule has 6 rings (SSSR count). The van der Waals surface area contributed by atoms with Gasteiger partial charge in [0.15, 0.2) is 10.3 Å². The van der Waals surface area contributed by atoms with Gasteiger partial charge in [-0.2, -0.15) is 0 Å². The maximum atomic E-state index is 12.9. The molecule has 0 aliphatic heterocycles. The van der Waals surface area contributed by atoms with Crippen molar-refractivity contribution >= 4 is 79.6 Å². The lowest BCUT2D eigenvalue weighted by Crippen LogP contribution is -2.20. The van der Waals surface area contributed by atoms with Gasteiger partial charge < -0.3 is 26.0 Å². The maximum Gasteiger partial charge on any atom is 0.325 e. The molecule has 0 unspecified atom stereocenters. The first-order valence-corrected chi connectivity index (χ1v) is 21.5. The van der Waals surface area contributed by atoms with E-state index in [2.05, 4.69) is 41.9 Å². The zero-order valence-corrected chi connectivity index (χ0v) is 39.1. The highest BCUT2D eigenvalue weighted by atomic mass is 32.1. The lowest BCUT2D eigenvalue weighted by molar-refractivity contribution is 0.102. The van der Waals surface area contributed by atoms with Crippen molar-refractivity contribution in [3.8, 4) is 5.75 Å². The number of thiazole rings is 2. The van der Waals surface area contributed by atoms with Crippen molar-refractivity contribution in [1.82, 2.24) is 9.97 Å². The number of amides is 6. The summed E-state index contributed by atoms with van der Waals surface area (Å²) in [5.74, 6) is 0.238. The zero-order valence-electron chi connectivity index (χ0n) is 37.4. The molecule has 6 aromatic rings. The van der Waals surface area contributed by atoms with Gasteiger partial charge in [-0.25, -0.2) is 19.6 Å². The summed E-state index contributed by atoms with van der Waals surface area (Å²) in [5.41, 5.74) is 14.5. The Balaban J connectivity index is 0.000000234. The molecule has 2 aromatic heterocycles. The normalized spacial score (nSPS) is 10.6. The van der Waals surface area contributed by atoms with Crippen LogP contribution in [0.25, 0.3) is 0 Å². The first-order chi connectivity index (χ1) is 29.2. The second-order valence-corrected chi connectivity index (χ2v) is 17.4. The van der Waals surface area contributed by atoms with Gasteiger partial charge in [-0.05, 0) is 140 Å². The van der Waals surface area contributed by atoms with Crippen molar-refractivity contribution in [2.24, 2.45) is 0 Å². The molecule has 324 valence electrons. The predicted octanol–water partition coefficient (Wildman–Crippen LogP) is 11.8. The fourth-order valence-corrected chi connectivity index (χ4v) is 8.90. The largest absolute Gasteiger partial charge is 0.497 e. The average Bonchev–Trinajstić information content (AvgIpc) is 3.73. The van der Waals surface area contributed by atoms with Gasteiger partial charge in [0.25, 0.3) is 11.8 Å². The number of nitrogens with one attached hydrogen (secondary N) is 6. The second kappa shape index (κ2) is 19.9. The van der Waals surface area contributed by atoms with Crippen LogP contribution >= 0.6 is 22.7 Å². The molecule has 0 saturated carbocycles. The van der Waals surface area contributed by atoms with Crippen molar-refractivity contribution < 1.29 is 23.9 Å². The van der Waals surface area contributed by atoms with Crippen LogP contribution in [-0.4, -0.2) is 41.0 Å². The predicted molar refractivity (Wildman–Crippen MR) is 255 cm³/mol. The van der Waals surface area contributed by atoms with Gasteiger partial charge in [0.05, 0.1) is 18.5 Å². The highest BCUT2D eigenvalue weighted by molar-refractivity contribution is 7.18. The maximum absolute atomic E-state index is 12.9. The lowest BCUT2D eigenvalue weighted by Gasteiger charge is -2.13.